The summed E-state index contributed by atoms with van der Waals surface area (Å²) in [5, 5.41) is 0. The lowest BCUT2D eigenvalue weighted by atomic mass is 10.3. The first-order valence-corrected chi connectivity index (χ1v) is 6.90. The van der Waals surface area contributed by atoms with Crippen molar-refractivity contribution in [2.45, 2.75) is 13.8 Å². The molecule has 6 nitrogen and oxygen atoms in total. The second-order valence-electron chi connectivity index (χ2n) is 4.73. The fourth-order valence-electron chi connectivity index (χ4n) is 2.11. The first-order chi connectivity index (χ1) is 9.08. The Morgan fingerprint density at radius 2 is 1.68 bits per heavy atom. The van der Waals surface area contributed by atoms with Crippen LogP contribution in [0.4, 0.5) is 0 Å². The quantitative estimate of drug-likeness (QED) is 0.662. The van der Waals surface area contributed by atoms with E-state index in [1.54, 1.807) is 21.7 Å². The molecule has 110 valence electrons. The Kier molecular flexibility index (Phi) is 6.80. The van der Waals surface area contributed by atoms with Gasteiger partial charge in [0.1, 0.15) is 0 Å². The third-order valence-corrected chi connectivity index (χ3v) is 3.29. The SMILES string of the molecule is CCN(CC)C(=O)CN(C)CC(=O)N1CCOCC1. The Hall–Kier alpha value is -1.14. The molecule has 0 radical (unpaired) electrons. The molecule has 0 unspecified atom stereocenters. The van der Waals surface area contributed by atoms with E-state index in [0.29, 0.717) is 39.4 Å². The van der Waals surface area contributed by atoms with Gasteiger partial charge in [0, 0.05) is 26.2 Å². The molecule has 19 heavy (non-hydrogen) atoms. The van der Waals surface area contributed by atoms with Crippen LogP contribution >= 0.6 is 0 Å². The highest BCUT2D eigenvalue weighted by Gasteiger charge is 2.20. The van der Waals surface area contributed by atoms with Gasteiger partial charge in [-0.2, -0.15) is 0 Å². The fourth-order valence-corrected chi connectivity index (χ4v) is 2.11. The Labute approximate surface area is 115 Å². The summed E-state index contributed by atoms with van der Waals surface area (Å²) in [5.41, 5.74) is 0. The lowest BCUT2D eigenvalue weighted by molar-refractivity contribution is -0.137. The maximum absolute atomic E-state index is 12.0. The molecule has 2 amide bonds. The molecule has 0 aromatic carbocycles. The Morgan fingerprint density at radius 3 is 2.21 bits per heavy atom. The van der Waals surface area contributed by atoms with Crippen molar-refractivity contribution in [1.29, 1.82) is 0 Å². The third-order valence-electron chi connectivity index (χ3n) is 3.29. The summed E-state index contributed by atoms with van der Waals surface area (Å²) in [4.78, 5) is 29.3. The largest absolute Gasteiger partial charge is 0.378 e. The van der Waals surface area contributed by atoms with Crippen LogP contribution in [0.2, 0.25) is 0 Å². The van der Waals surface area contributed by atoms with Crippen LogP contribution in [-0.2, 0) is 14.3 Å². The van der Waals surface area contributed by atoms with Crippen molar-refractivity contribution in [2.75, 3.05) is 59.5 Å². The van der Waals surface area contributed by atoms with Gasteiger partial charge in [-0.25, -0.2) is 0 Å². The van der Waals surface area contributed by atoms with Gasteiger partial charge < -0.3 is 14.5 Å². The van der Waals surface area contributed by atoms with Crippen molar-refractivity contribution in [3.05, 3.63) is 0 Å². The third kappa shape index (κ3) is 5.16. The molecule has 0 aromatic heterocycles. The van der Waals surface area contributed by atoms with Crippen LogP contribution in [0.1, 0.15) is 13.8 Å². The van der Waals surface area contributed by atoms with Crippen molar-refractivity contribution in [2.24, 2.45) is 0 Å². The van der Waals surface area contributed by atoms with Gasteiger partial charge in [0.25, 0.3) is 0 Å². The molecule has 0 bridgehead atoms. The number of amides is 2. The Bertz CT molecular complexity index is 300. The van der Waals surface area contributed by atoms with Crippen molar-refractivity contribution in [3.63, 3.8) is 0 Å². The summed E-state index contributed by atoms with van der Waals surface area (Å²) in [6, 6.07) is 0. The first-order valence-electron chi connectivity index (χ1n) is 6.90. The van der Waals surface area contributed by atoms with Crippen LogP contribution in [0.25, 0.3) is 0 Å². The number of hydrogen-bond acceptors (Lipinski definition) is 4. The normalized spacial score (nSPS) is 15.7. The molecule has 1 aliphatic heterocycles. The lowest BCUT2D eigenvalue weighted by Gasteiger charge is -2.29. The van der Waals surface area contributed by atoms with Crippen molar-refractivity contribution in [1.82, 2.24) is 14.7 Å². The predicted octanol–water partition coefficient (Wildman–Crippen LogP) is -0.355. The van der Waals surface area contributed by atoms with Crippen LogP contribution in [-0.4, -0.2) is 86.0 Å². The topological polar surface area (TPSA) is 53.1 Å². The van der Waals surface area contributed by atoms with Crippen molar-refractivity contribution >= 4 is 11.8 Å². The number of likely N-dealkylation sites (N-methyl/N-ethyl adjacent to an activating group) is 2. The number of hydrogen-bond donors (Lipinski definition) is 0. The number of carbonyl (C=O) groups excluding carboxylic acids is 2. The van der Waals surface area contributed by atoms with E-state index in [1.807, 2.05) is 13.8 Å². The predicted molar refractivity (Wildman–Crippen MR) is 72.8 cm³/mol. The van der Waals surface area contributed by atoms with Gasteiger partial charge >= 0.3 is 0 Å². The second kappa shape index (κ2) is 8.12. The highest BCUT2D eigenvalue weighted by Crippen LogP contribution is 1.99. The molecule has 6 heteroatoms. The summed E-state index contributed by atoms with van der Waals surface area (Å²) in [5.74, 6) is 0.139. The molecule has 0 atom stereocenters. The van der Waals surface area contributed by atoms with E-state index in [4.69, 9.17) is 4.74 Å². The van der Waals surface area contributed by atoms with E-state index >= 15 is 0 Å². The molecule has 1 saturated heterocycles. The molecule has 0 saturated carbocycles. The summed E-state index contributed by atoms with van der Waals surface area (Å²) >= 11 is 0. The minimum Gasteiger partial charge on any atom is -0.378 e. The van der Waals surface area contributed by atoms with Crippen LogP contribution in [0.3, 0.4) is 0 Å². The van der Waals surface area contributed by atoms with E-state index in [2.05, 4.69) is 0 Å². The van der Waals surface area contributed by atoms with Gasteiger partial charge in [0.05, 0.1) is 26.3 Å². The molecule has 1 fully saturated rings. The van der Waals surface area contributed by atoms with Gasteiger partial charge in [-0.3, -0.25) is 14.5 Å². The number of nitrogens with zero attached hydrogens (tertiary/aromatic N) is 3. The van der Waals surface area contributed by atoms with Gasteiger partial charge in [-0.15, -0.1) is 0 Å². The number of rotatable bonds is 6. The van der Waals surface area contributed by atoms with Gasteiger partial charge in [-0.1, -0.05) is 0 Å². The van der Waals surface area contributed by atoms with E-state index < -0.39 is 0 Å². The smallest absolute Gasteiger partial charge is 0.236 e. The average Bonchev–Trinajstić information content (AvgIpc) is 2.40. The minimum absolute atomic E-state index is 0.0677. The molecule has 0 spiro atoms. The minimum atomic E-state index is 0.0677. The van der Waals surface area contributed by atoms with Gasteiger partial charge in [0.15, 0.2) is 0 Å². The molecule has 0 aliphatic carbocycles. The van der Waals surface area contributed by atoms with Crippen molar-refractivity contribution in [3.8, 4) is 0 Å². The Balaban J connectivity index is 2.35. The molecular formula is C13H25N3O3. The summed E-state index contributed by atoms with van der Waals surface area (Å²) in [7, 11) is 1.81. The number of carbonyl (C=O) groups is 2. The zero-order valence-electron chi connectivity index (χ0n) is 12.2. The van der Waals surface area contributed by atoms with Crippen LogP contribution in [0, 0.1) is 0 Å². The average molecular weight is 271 g/mol. The van der Waals surface area contributed by atoms with E-state index in [9.17, 15) is 9.59 Å². The maximum Gasteiger partial charge on any atom is 0.236 e. The number of morpholine rings is 1. The van der Waals surface area contributed by atoms with Gasteiger partial charge in [0.2, 0.25) is 11.8 Å². The van der Waals surface area contributed by atoms with Crippen LogP contribution < -0.4 is 0 Å². The molecular weight excluding hydrogens is 246 g/mol. The zero-order valence-corrected chi connectivity index (χ0v) is 12.2. The fraction of sp³-hybridized carbons (Fsp3) is 0.846. The molecule has 1 aliphatic rings. The molecule has 0 N–H and O–H groups in total. The lowest BCUT2D eigenvalue weighted by Crippen LogP contribution is -2.47. The second-order valence-corrected chi connectivity index (χ2v) is 4.73. The zero-order chi connectivity index (χ0) is 14.3. The molecule has 1 heterocycles. The molecule has 0 aromatic rings. The van der Waals surface area contributed by atoms with Crippen LogP contribution in [0.5, 0.6) is 0 Å². The summed E-state index contributed by atoms with van der Waals surface area (Å²) in [6.07, 6.45) is 0. The molecule has 1 rings (SSSR count). The van der Waals surface area contributed by atoms with E-state index in [1.165, 1.54) is 0 Å². The monoisotopic (exact) mass is 271 g/mol. The highest BCUT2D eigenvalue weighted by atomic mass is 16.5. The maximum atomic E-state index is 12.0. The highest BCUT2D eigenvalue weighted by molar-refractivity contribution is 5.81. The number of ether oxygens (including phenoxy) is 1. The standard InChI is InChI=1S/C13H25N3O3/c1-4-15(5-2)12(17)10-14(3)11-13(18)16-6-8-19-9-7-16/h4-11H2,1-3H3. The first kappa shape index (κ1) is 15.9. The van der Waals surface area contributed by atoms with E-state index in [0.717, 1.165) is 0 Å². The summed E-state index contributed by atoms with van der Waals surface area (Å²) in [6.45, 7) is 8.42. The van der Waals surface area contributed by atoms with Crippen LogP contribution in [0.15, 0.2) is 0 Å². The van der Waals surface area contributed by atoms with E-state index in [-0.39, 0.29) is 24.9 Å². The summed E-state index contributed by atoms with van der Waals surface area (Å²) < 4.78 is 5.21. The van der Waals surface area contributed by atoms with Gasteiger partial charge in [-0.05, 0) is 20.9 Å². The Morgan fingerprint density at radius 1 is 1.11 bits per heavy atom. The van der Waals surface area contributed by atoms with Crippen molar-refractivity contribution < 1.29 is 14.3 Å².